The Morgan fingerprint density at radius 1 is 1.16 bits per heavy atom. The number of carbonyl (C=O) groups is 2. The molecule has 2 aromatic rings. The molecule has 1 unspecified atom stereocenters. The molecule has 5 rings (SSSR count). The lowest BCUT2D eigenvalue weighted by Gasteiger charge is -2.38. The number of methoxy groups -OCH3 is 1. The third kappa shape index (κ3) is 6.21. The average Bonchev–Trinajstić information content (AvgIpc) is 3.36. The van der Waals surface area contributed by atoms with Gasteiger partial charge in [0.05, 0.1) is 36.4 Å². The molecule has 44 heavy (non-hydrogen) atoms. The average molecular weight is 598 g/mol. The highest BCUT2D eigenvalue weighted by Crippen LogP contribution is 2.36. The van der Waals surface area contributed by atoms with E-state index in [-0.39, 0.29) is 23.8 Å². The lowest BCUT2D eigenvalue weighted by Crippen LogP contribution is -2.43. The number of fused-ring (bicyclic) bond motifs is 1. The molecule has 0 spiro atoms. The summed E-state index contributed by atoms with van der Waals surface area (Å²) < 4.78 is 5.71. The summed E-state index contributed by atoms with van der Waals surface area (Å²) in [5.41, 5.74) is 13.4. The zero-order chi connectivity index (χ0) is 31.5. The first kappa shape index (κ1) is 30.9. The number of aliphatic imine (C=N–C) groups is 1. The molecule has 0 saturated carbocycles. The minimum Gasteiger partial charge on any atom is -0.495 e. The summed E-state index contributed by atoms with van der Waals surface area (Å²) in [5.74, 6) is 0.763. The fourth-order valence-corrected chi connectivity index (χ4v) is 6.24. The summed E-state index contributed by atoms with van der Waals surface area (Å²) >= 11 is 0. The fourth-order valence-electron chi connectivity index (χ4n) is 6.24. The lowest BCUT2D eigenvalue weighted by molar-refractivity contribution is -0.133. The molecule has 3 heterocycles. The minimum absolute atomic E-state index is 0.0987. The van der Waals surface area contributed by atoms with E-state index in [2.05, 4.69) is 23.0 Å². The van der Waals surface area contributed by atoms with Crippen LogP contribution in [0.15, 0.2) is 77.8 Å². The zero-order valence-corrected chi connectivity index (χ0v) is 26.3. The van der Waals surface area contributed by atoms with Crippen molar-refractivity contribution in [2.75, 3.05) is 58.1 Å². The van der Waals surface area contributed by atoms with Crippen molar-refractivity contribution in [1.82, 2.24) is 14.7 Å². The standard InChI is InChI=1S/C34H43N7O3/c1-22-33(41(18-15-36-22)23(2)24-13-16-40(17-14-24)31(42)21-38(3)4)32(35)26-11-12-27(30(20-26)44-6)37-34(43)29-19-25-9-7-8-10-28(25)39(29)5/h7-12,15,18,20,24,29H,2,13-14,16-17,19,21,35H2,1,3-6H3,(H,37,43)/b33-32-. The smallest absolute Gasteiger partial charge is 0.247 e. The van der Waals surface area contributed by atoms with Crippen molar-refractivity contribution in [3.8, 4) is 5.75 Å². The van der Waals surface area contributed by atoms with E-state index in [1.807, 2.05) is 90.3 Å². The van der Waals surface area contributed by atoms with E-state index in [1.54, 1.807) is 13.3 Å². The van der Waals surface area contributed by atoms with Crippen LogP contribution in [-0.2, 0) is 16.0 Å². The molecule has 2 amide bonds. The van der Waals surface area contributed by atoms with Gasteiger partial charge in [0, 0.05) is 61.8 Å². The molecule has 10 heteroatoms. The van der Waals surface area contributed by atoms with Crippen molar-refractivity contribution >= 4 is 34.6 Å². The van der Waals surface area contributed by atoms with Crippen molar-refractivity contribution < 1.29 is 14.3 Å². The third-order valence-electron chi connectivity index (χ3n) is 8.73. The Morgan fingerprint density at radius 2 is 1.89 bits per heavy atom. The Balaban J connectivity index is 1.33. The van der Waals surface area contributed by atoms with Gasteiger partial charge in [-0.15, -0.1) is 0 Å². The number of amides is 2. The van der Waals surface area contributed by atoms with Gasteiger partial charge < -0.3 is 35.4 Å². The van der Waals surface area contributed by atoms with E-state index in [1.165, 1.54) is 0 Å². The van der Waals surface area contributed by atoms with Gasteiger partial charge in [-0.2, -0.15) is 0 Å². The molecule has 2 aromatic carbocycles. The van der Waals surface area contributed by atoms with Crippen LogP contribution in [0.1, 0.15) is 30.9 Å². The van der Waals surface area contributed by atoms with Gasteiger partial charge in [-0.3, -0.25) is 14.6 Å². The molecule has 0 aromatic heterocycles. The Bertz CT molecular complexity index is 1540. The quantitative estimate of drug-likeness (QED) is 0.476. The van der Waals surface area contributed by atoms with Gasteiger partial charge in [0.2, 0.25) is 11.8 Å². The van der Waals surface area contributed by atoms with Crippen molar-refractivity contribution in [2.45, 2.75) is 32.2 Å². The number of nitrogens with two attached hydrogens (primary N) is 1. The predicted octanol–water partition coefficient (Wildman–Crippen LogP) is 3.88. The molecule has 3 aliphatic heterocycles. The van der Waals surface area contributed by atoms with Gasteiger partial charge >= 0.3 is 0 Å². The number of likely N-dealkylation sites (tertiary alicyclic amines) is 1. The molecule has 0 aliphatic carbocycles. The number of ether oxygens (including phenoxy) is 1. The summed E-state index contributed by atoms with van der Waals surface area (Å²) in [5, 5.41) is 3.06. The first-order valence-electron chi connectivity index (χ1n) is 15.0. The van der Waals surface area contributed by atoms with E-state index >= 15 is 0 Å². The minimum atomic E-state index is -0.311. The van der Waals surface area contributed by atoms with Crippen molar-refractivity contribution in [2.24, 2.45) is 16.6 Å². The normalized spacial score (nSPS) is 19.5. The van der Waals surface area contributed by atoms with Crippen LogP contribution in [-0.4, -0.2) is 86.2 Å². The number of carbonyl (C=O) groups excluding carboxylic acids is 2. The summed E-state index contributed by atoms with van der Waals surface area (Å²) in [6.07, 6.45) is 5.95. The first-order valence-corrected chi connectivity index (χ1v) is 15.0. The predicted molar refractivity (Wildman–Crippen MR) is 176 cm³/mol. The molecule has 1 saturated heterocycles. The number of para-hydroxylation sites is 1. The van der Waals surface area contributed by atoms with Crippen molar-refractivity contribution in [3.05, 3.63) is 84.0 Å². The SMILES string of the molecule is C=C(C1CCN(C(=O)CN(C)C)CC1)N1C=CN=C(C)/C1=C(/N)c1ccc(NC(=O)C2Cc3ccccc3N2C)c(OC)c1. The third-order valence-corrected chi connectivity index (χ3v) is 8.73. The second kappa shape index (κ2) is 13.0. The van der Waals surface area contributed by atoms with Crippen LogP contribution >= 0.6 is 0 Å². The molecule has 0 bridgehead atoms. The zero-order valence-electron chi connectivity index (χ0n) is 26.3. The summed E-state index contributed by atoms with van der Waals surface area (Å²) in [7, 11) is 7.34. The number of anilines is 2. The van der Waals surface area contributed by atoms with Gasteiger partial charge in [0.15, 0.2) is 0 Å². The van der Waals surface area contributed by atoms with Crippen molar-refractivity contribution in [3.63, 3.8) is 0 Å². The molecule has 1 atom stereocenters. The lowest BCUT2D eigenvalue weighted by atomic mass is 9.92. The van der Waals surface area contributed by atoms with Gasteiger partial charge in [0.25, 0.3) is 0 Å². The molecule has 1 fully saturated rings. The number of likely N-dealkylation sites (N-methyl/N-ethyl adjacent to an activating group) is 2. The van der Waals surface area contributed by atoms with E-state index in [4.69, 9.17) is 10.5 Å². The Kier molecular flexibility index (Phi) is 9.10. The van der Waals surface area contributed by atoms with Crippen LogP contribution in [0, 0.1) is 5.92 Å². The Morgan fingerprint density at radius 3 is 2.57 bits per heavy atom. The van der Waals surface area contributed by atoms with Crippen LogP contribution < -0.4 is 20.7 Å². The number of allylic oxidation sites excluding steroid dienone is 2. The van der Waals surface area contributed by atoms with E-state index in [0.717, 1.165) is 46.8 Å². The van der Waals surface area contributed by atoms with Gasteiger partial charge in [0.1, 0.15) is 11.8 Å². The number of nitrogens with one attached hydrogen (secondary N) is 1. The maximum absolute atomic E-state index is 13.3. The molecule has 10 nitrogen and oxygen atoms in total. The monoisotopic (exact) mass is 597 g/mol. The molecular weight excluding hydrogens is 554 g/mol. The number of benzene rings is 2. The first-order chi connectivity index (χ1) is 21.1. The van der Waals surface area contributed by atoms with Gasteiger partial charge in [-0.05, 0) is 57.6 Å². The van der Waals surface area contributed by atoms with Crippen LogP contribution in [0.25, 0.3) is 5.70 Å². The molecule has 3 aliphatic rings. The van der Waals surface area contributed by atoms with Crippen LogP contribution in [0.4, 0.5) is 11.4 Å². The van der Waals surface area contributed by atoms with E-state index in [0.29, 0.717) is 43.2 Å². The van der Waals surface area contributed by atoms with E-state index < -0.39 is 0 Å². The number of piperidine rings is 1. The summed E-state index contributed by atoms with van der Waals surface area (Å²) in [6.45, 7) is 8.20. The maximum atomic E-state index is 13.3. The Labute approximate surface area is 260 Å². The second-order valence-electron chi connectivity index (χ2n) is 11.9. The number of hydrogen-bond acceptors (Lipinski definition) is 8. The van der Waals surface area contributed by atoms with Gasteiger partial charge in [-0.25, -0.2) is 0 Å². The van der Waals surface area contributed by atoms with Crippen LogP contribution in [0.3, 0.4) is 0 Å². The topological polar surface area (TPSA) is 107 Å². The molecular formula is C34H43N7O3. The van der Waals surface area contributed by atoms with Crippen LogP contribution in [0.5, 0.6) is 5.75 Å². The highest BCUT2D eigenvalue weighted by Gasteiger charge is 2.33. The summed E-state index contributed by atoms with van der Waals surface area (Å²) in [6, 6.07) is 13.3. The highest BCUT2D eigenvalue weighted by molar-refractivity contribution is 6.05. The van der Waals surface area contributed by atoms with E-state index in [9.17, 15) is 9.59 Å². The molecule has 3 N–H and O–H groups in total. The number of nitrogens with zero attached hydrogens (tertiary/aromatic N) is 5. The maximum Gasteiger partial charge on any atom is 0.247 e. The Hall–Kier alpha value is -4.57. The second-order valence-corrected chi connectivity index (χ2v) is 11.9. The molecule has 0 radical (unpaired) electrons. The number of hydrogen-bond donors (Lipinski definition) is 2. The fraction of sp³-hybridized carbons (Fsp3) is 0.382. The van der Waals surface area contributed by atoms with Crippen LogP contribution in [0.2, 0.25) is 0 Å². The highest BCUT2D eigenvalue weighted by atomic mass is 16.5. The molecule has 232 valence electrons. The van der Waals surface area contributed by atoms with Crippen molar-refractivity contribution in [1.29, 1.82) is 0 Å². The number of rotatable bonds is 8. The van der Waals surface area contributed by atoms with Gasteiger partial charge in [-0.1, -0.05) is 30.8 Å². The largest absolute Gasteiger partial charge is 0.495 e. The summed E-state index contributed by atoms with van der Waals surface area (Å²) in [4.78, 5) is 38.3.